The molecule has 0 atom stereocenters. The van der Waals surface area contributed by atoms with E-state index in [1.54, 1.807) is 6.07 Å². The summed E-state index contributed by atoms with van der Waals surface area (Å²) in [6, 6.07) is 7.84. The fourth-order valence-corrected chi connectivity index (χ4v) is 3.37. The molecule has 0 unspecified atom stereocenters. The van der Waals surface area contributed by atoms with E-state index in [1.807, 2.05) is 12.1 Å². The highest BCUT2D eigenvalue weighted by Crippen LogP contribution is 2.47. The molecule has 1 aromatic rings. The molecule has 80 valence electrons. The van der Waals surface area contributed by atoms with E-state index >= 15 is 0 Å². The van der Waals surface area contributed by atoms with Gasteiger partial charge < -0.3 is 5.11 Å². The Morgan fingerprint density at radius 3 is 2.53 bits per heavy atom. The molecule has 15 heavy (non-hydrogen) atoms. The van der Waals surface area contributed by atoms with Crippen LogP contribution in [-0.2, 0) is 5.54 Å². The molecule has 2 heteroatoms. The minimum Gasteiger partial charge on any atom is -0.508 e. The van der Waals surface area contributed by atoms with Crippen molar-refractivity contribution in [1.82, 2.24) is 4.90 Å². The van der Waals surface area contributed by atoms with Gasteiger partial charge in [-0.1, -0.05) is 12.1 Å². The van der Waals surface area contributed by atoms with E-state index in [0.29, 0.717) is 5.75 Å². The Morgan fingerprint density at radius 1 is 1.13 bits per heavy atom. The summed E-state index contributed by atoms with van der Waals surface area (Å²) in [6.07, 6.45) is 5.12. The van der Waals surface area contributed by atoms with Crippen molar-refractivity contribution in [2.24, 2.45) is 0 Å². The zero-order valence-electron chi connectivity index (χ0n) is 8.95. The fourth-order valence-electron chi connectivity index (χ4n) is 3.37. The molecule has 3 rings (SSSR count). The van der Waals surface area contributed by atoms with Gasteiger partial charge >= 0.3 is 0 Å². The van der Waals surface area contributed by atoms with Gasteiger partial charge in [0.2, 0.25) is 0 Å². The Labute approximate surface area is 90.5 Å². The molecule has 0 aromatic heterocycles. The summed E-state index contributed by atoms with van der Waals surface area (Å²) >= 11 is 0. The molecule has 2 aliphatic heterocycles. The lowest BCUT2D eigenvalue weighted by Gasteiger charge is -2.32. The van der Waals surface area contributed by atoms with Gasteiger partial charge in [0.25, 0.3) is 0 Å². The minimum absolute atomic E-state index is 0.263. The van der Waals surface area contributed by atoms with Crippen molar-refractivity contribution in [3.63, 3.8) is 0 Å². The van der Waals surface area contributed by atoms with Crippen molar-refractivity contribution in [2.45, 2.75) is 31.2 Å². The summed E-state index contributed by atoms with van der Waals surface area (Å²) in [5.74, 6) is 0.403. The predicted octanol–water partition coefficient (Wildman–Crippen LogP) is 2.48. The first-order valence-corrected chi connectivity index (χ1v) is 5.86. The summed E-state index contributed by atoms with van der Waals surface area (Å²) in [5.41, 5.74) is 1.58. The lowest BCUT2D eigenvalue weighted by molar-refractivity contribution is 0.197. The number of phenolic OH excluding ortho intramolecular Hbond substituents is 1. The lowest BCUT2D eigenvalue weighted by Crippen LogP contribution is -2.35. The highest BCUT2D eigenvalue weighted by atomic mass is 16.3. The molecule has 2 nitrogen and oxygen atoms in total. The molecule has 0 spiro atoms. The molecular weight excluding hydrogens is 186 g/mol. The highest BCUT2D eigenvalue weighted by molar-refractivity contribution is 5.34. The Hall–Kier alpha value is -1.02. The van der Waals surface area contributed by atoms with Crippen molar-refractivity contribution < 1.29 is 5.11 Å². The van der Waals surface area contributed by atoms with Crippen LogP contribution in [-0.4, -0.2) is 23.1 Å². The number of nitrogens with zero attached hydrogens (tertiary/aromatic N) is 1. The second-order valence-electron chi connectivity index (χ2n) is 4.78. The van der Waals surface area contributed by atoms with Gasteiger partial charge in [-0.3, -0.25) is 4.90 Å². The van der Waals surface area contributed by atoms with Gasteiger partial charge in [0.1, 0.15) is 5.75 Å². The Balaban J connectivity index is 2.04. The predicted molar refractivity (Wildman–Crippen MR) is 59.8 cm³/mol. The third kappa shape index (κ3) is 1.28. The standard InChI is InChI=1S/C13H17NO/c15-12-5-1-4-11(10-12)13-6-2-8-14(13)9-3-7-13/h1,4-5,10,15H,2-3,6-9H2. The molecule has 2 aliphatic rings. The molecule has 0 aliphatic carbocycles. The number of benzene rings is 1. The third-order valence-electron chi connectivity index (χ3n) is 4.03. The van der Waals surface area contributed by atoms with Crippen LogP contribution in [0.5, 0.6) is 5.75 Å². The van der Waals surface area contributed by atoms with E-state index in [4.69, 9.17) is 0 Å². The second kappa shape index (κ2) is 3.24. The van der Waals surface area contributed by atoms with E-state index in [0.717, 1.165) is 0 Å². The molecule has 2 heterocycles. The van der Waals surface area contributed by atoms with Crippen LogP contribution in [0.2, 0.25) is 0 Å². The maximum atomic E-state index is 9.57. The van der Waals surface area contributed by atoms with Crippen LogP contribution < -0.4 is 0 Å². The van der Waals surface area contributed by atoms with Crippen LogP contribution in [0.1, 0.15) is 31.2 Å². The zero-order chi connectivity index (χ0) is 10.3. The minimum atomic E-state index is 0.263. The number of fused-ring (bicyclic) bond motifs is 1. The summed E-state index contributed by atoms with van der Waals surface area (Å²) in [5, 5.41) is 9.57. The summed E-state index contributed by atoms with van der Waals surface area (Å²) in [7, 11) is 0. The van der Waals surface area contributed by atoms with Crippen molar-refractivity contribution in [2.75, 3.05) is 13.1 Å². The van der Waals surface area contributed by atoms with E-state index in [1.165, 1.54) is 44.3 Å². The van der Waals surface area contributed by atoms with Gasteiger partial charge in [0, 0.05) is 5.54 Å². The van der Waals surface area contributed by atoms with E-state index in [9.17, 15) is 5.11 Å². The Bertz CT molecular complexity index is 365. The maximum Gasteiger partial charge on any atom is 0.115 e. The first-order valence-electron chi connectivity index (χ1n) is 5.86. The summed E-state index contributed by atoms with van der Waals surface area (Å²) < 4.78 is 0. The molecule has 2 saturated heterocycles. The Morgan fingerprint density at radius 2 is 1.87 bits per heavy atom. The van der Waals surface area contributed by atoms with Crippen LogP contribution in [0.4, 0.5) is 0 Å². The SMILES string of the molecule is Oc1cccc(C23CCCN2CCC3)c1. The van der Waals surface area contributed by atoms with Crippen LogP contribution in [0, 0.1) is 0 Å². The number of rotatable bonds is 1. The van der Waals surface area contributed by atoms with E-state index < -0.39 is 0 Å². The summed E-state index contributed by atoms with van der Waals surface area (Å²) in [6.45, 7) is 2.46. The number of hydrogen-bond acceptors (Lipinski definition) is 2. The molecule has 0 radical (unpaired) electrons. The van der Waals surface area contributed by atoms with Gasteiger partial charge in [-0.25, -0.2) is 0 Å². The first-order chi connectivity index (χ1) is 7.31. The van der Waals surface area contributed by atoms with Crippen LogP contribution >= 0.6 is 0 Å². The van der Waals surface area contributed by atoms with Gasteiger partial charge in [0.15, 0.2) is 0 Å². The molecule has 0 bridgehead atoms. The zero-order valence-corrected chi connectivity index (χ0v) is 8.95. The average Bonchev–Trinajstić information content (AvgIpc) is 2.75. The lowest BCUT2D eigenvalue weighted by atomic mass is 9.86. The second-order valence-corrected chi connectivity index (χ2v) is 4.78. The fraction of sp³-hybridized carbons (Fsp3) is 0.538. The Kier molecular flexibility index (Phi) is 1.99. The van der Waals surface area contributed by atoms with Crippen molar-refractivity contribution in [3.05, 3.63) is 29.8 Å². The van der Waals surface area contributed by atoms with E-state index in [-0.39, 0.29) is 5.54 Å². The third-order valence-corrected chi connectivity index (χ3v) is 4.03. The largest absolute Gasteiger partial charge is 0.508 e. The monoisotopic (exact) mass is 203 g/mol. The van der Waals surface area contributed by atoms with Crippen LogP contribution in [0.3, 0.4) is 0 Å². The van der Waals surface area contributed by atoms with Gasteiger partial charge in [-0.2, -0.15) is 0 Å². The smallest absolute Gasteiger partial charge is 0.115 e. The first kappa shape index (κ1) is 9.22. The maximum absolute atomic E-state index is 9.57. The quantitative estimate of drug-likeness (QED) is 0.758. The van der Waals surface area contributed by atoms with Crippen molar-refractivity contribution in [1.29, 1.82) is 0 Å². The molecular formula is C13H17NO. The molecule has 1 N–H and O–H groups in total. The highest BCUT2D eigenvalue weighted by Gasteiger charge is 2.45. The topological polar surface area (TPSA) is 23.5 Å². The van der Waals surface area contributed by atoms with Gasteiger partial charge in [0.05, 0.1) is 0 Å². The van der Waals surface area contributed by atoms with Crippen molar-refractivity contribution >= 4 is 0 Å². The van der Waals surface area contributed by atoms with Crippen molar-refractivity contribution in [3.8, 4) is 5.75 Å². The molecule has 0 saturated carbocycles. The summed E-state index contributed by atoms with van der Waals surface area (Å²) in [4.78, 5) is 2.60. The molecule has 0 amide bonds. The van der Waals surface area contributed by atoms with Crippen LogP contribution in [0.15, 0.2) is 24.3 Å². The van der Waals surface area contributed by atoms with E-state index in [2.05, 4.69) is 11.0 Å². The van der Waals surface area contributed by atoms with Gasteiger partial charge in [-0.05, 0) is 56.5 Å². The normalized spacial score (nSPS) is 24.3. The van der Waals surface area contributed by atoms with Gasteiger partial charge in [-0.15, -0.1) is 0 Å². The van der Waals surface area contributed by atoms with Crippen LogP contribution in [0.25, 0.3) is 0 Å². The number of hydrogen-bond donors (Lipinski definition) is 1. The number of aromatic hydroxyl groups is 1. The number of phenols is 1. The average molecular weight is 203 g/mol. The molecule has 1 aromatic carbocycles. The molecule has 2 fully saturated rings.